The zero-order chi connectivity index (χ0) is 50.5. The summed E-state index contributed by atoms with van der Waals surface area (Å²) in [5.41, 5.74) is 7.44. The molecule has 3 aromatic carbocycles. The molecule has 7 heterocycles. The molecule has 76 heavy (non-hydrogen) atoms. The Hall–Kier alpha value is -5.81. The van der Waals surface area contributed by atoms with Gasteiger partial charge in [0.05, 0.1) is 48.0 Å². The van der Waals surface area contributed by atoms with Crippen LogP contribution in [-0.2, 0) is 19.1 Å². The molecule has 15 nitrogen and oxygen atoms in total. The molecule has 2 saturated heterocycles. The molecular formula is C54H64F2N8O7S5. The number of likely N-dealkylation sites (tertiary alicyclic amines) is 2. The highest BCUT2D eigenvalue weighted by Crippen LogP contribution is 2.48. The third-order valence-corrected chi connectivity index (χ3v) is 15.4. The SMILES string of the molecule is COC(=O)N[C@H](C(=O)N1CCC[C@H]1C1=NC=C(c2cc(F)c3c(c2)OC(c2ncc(-c4ccc(F)cc4)s2)n2c-3cc3cc(C4=CN=C([C@@H]5CCCN5C(=O)[C@@H](NC(=O)OC)C(C)C)C4)ccc32)C1)C(C)C.S.S.S.S. The van der Waals surface area contributed by atoms with Gasteiger partial charge in [0, 0.05) is 61.3 Å². The quantitative estimate of drug-likeness (QED) is 0.124. The third-order valence-electron chi connectivity index (χ3n) is 14.4. The Morgan fingerprint density at radius 1 is 0.711 bits per heavy atom. The van der Waals surface area contributed by atoms with Crippen LogP contribution in [0.5, 0.6) is 5.75 Å². The van der Waals surface area contributed by atoms with Gasteiger partial charge in [0.1, 0.15) is 29.5 Å². The first-order valence-corrected chi connectivity index (χ1v) is 25.2. The van der Waals surface area contributed by atoms with E-state index in [4.69, 9.17) is 29.2 Å². The van der Waals surface area contributed by atoms with E-state index in [1.807, 2.05) is 67.6 Å². The van der Waals surface area contributed by atoms with E-state index < -0.39 is 36.3 Å². The summed E-state index contributed by atoms with van der Waals surface area (Å²) in [6.07, 6.45) is 7.19. The lowest BCUT2D eigenvalue weighted by Crippen LogP contribution is -2.53. The summed E-state index contributed by atoms with van der Waals surface area (Å²) in [6, 6.07) is 15.6. The van der Waals surface area contributed by atoms with Gasteiger partial charge >= 0.3 is 12.2 Å². The highest BCUT2D eigenvalue weighted by atomic mass is 32.1. The van der Waals surface area contributed by atoms with Gasteiger partial charge in [-0.1, -0.05) is 45.9 Å². The van der Waals surface area contributed by atoms with Crippen LogP contribution in [0.2, 0.25) is 0 Å². The number of allylic oxidation sites excluding steroid dienone is 2. The average Bonchev–Trinajstić information content (AvgIpc) is 4.24. The second kappa shape index (κ2) is 24.7. The van der Waals surface area contributed by atoms with Crippen molar-refractivity contribution >= 4 is 123 Å². The molecule has 4 amide bonds. The number of thiazole rings is 1. The van der Waals surface area contributed by atoms with E-state index >= 15 is 4.39 Å². The number of benzene rings is 3. The van der Waals surface area contributed by atoms with Crippen LogP contribution < -0.4 is 15.4 Å². The molecule has 5 aliphatic heterocycles. The Kier molecular flexibility index (Phi) is 19.3. The van der Waals surface area contributed by atoms with E-state index in [2.05, 4.69) is 16.7 Å². The van der Waals surface area contributed by atoms with Gasteiger partial charge in [-0.2, -0.15) is 54.0 Å². The van der Waals surface area contributed by atoms with Crippen LogP contribution in [0, 0.1) is 23.5 Å². The fourth-order valence-corrected chi connectivity index (χ4v) is 11.6. The number of aromatic nitrogens is 2. The molecule has 5 aliphatic rings. The molecule has 5 aromatic rings. The molecule has 2 fully saturated rings. The summed E-state index contributed by atoms with van der Waals surface area (Å²) in [7, 11) is 2.54. The zero-order valence-corrected chi connectivity index (χ0v) is 47.7. The van der Waals surface area contributed by atoms with Gasteiger partial charge in [-0.15, -0.1) is 11.3 Å². The first kappa shape index (κ1) is 59.4. The Labute approximate surface area is 472 Å². The number of methoxy groups -OCH3 is 2. The number of amides is 4. The minimum Gasteiger partial charge on any atom is -0.462 e. The summed E-state index contributed by atoms with van der Waals surface area (Å²) >= 11 is 1.41. The Morgan fingerprint density at radius 3 is 1.79 bits per heavy atom. The minimum atomic E-state index is -0.797. The van der Waals surface area contributed by atoms with E-state index in [0.717, 1.165) is 68.7 Å². The van der Waals surface area contributed by atoms with E-state index in [9.17, 15) is 23.6 Å². The standard InChI is InChI=1S/C54H56F2N8O7S.4H2S/c1-28(2)47(60-53(67)69-5)50(65)62-17-7-9-41(62)38-21-34(25-57-38)31-13-16-40-33(19-31)23-43-46-37(56)20-32(24-44(46)71-52(64(40)43)49-59-27-45(72-49)30-11-14-36(55)15-12-30)35-22-39(58-26-35)42-10-8-18-63(42)51(66)48(29(3)4)61-54(68)70-6;;;;/h11-16,19-20,23-29,41-42,47-48,52H,7-10,17-18,21-22H2,1-6H3,(H,60,67)(H,61,68);4*1H2/t41-,42-,47-,48-,52?;;;;/m0..../s1. The number of fused-ring (bicyclic) bond motifs is 5. The van der Waals surface area contributed by atoms with Crippen molar-refractivity contribution in [2.45, 2.75) is 96.6 Å². The smallest absolute Gasteiger partial charge is 0.407 e. The Balaban J connectivity index is 0.00000234. The number of hydrogen-bond acceptors (Lipinski definition) is 11. The first-order valence-electron chi connectivity index (χ1n) is 24.4. The molecule has 2 aromatic heterocycles. The number of carbonyl (C=O) groups is 4. The predicted molar refractivity (Wildman–Crippen MR) is 313 cm³/mol. The largest absolute Gasteiger partial charge is 0.462 e. The lowest BCUT2D eigenvalue weighted by molar-refractivity contribution is -0.134. The monoisotopic (exact) mass is 1130 g/mol. The van der Waals surface area contributed by atoms with Crippen molar-refractivity contribution in [2.24, 2.45) is 21.8 Å². The van der Waals surface area contributed by atoms with Crippen LogP contribution in [0.1, 0.15) is 88.6 Å². The molecule has 0 bridgehead atoms. The molecule has 2 N–H and O–H groups in total. The lowest BCUT2D eigenvalue weighted by atomic mass is 9.95. The highest BCUT2D eigenvalue weighted by Gasteiger charge is 2.41. The van der Waals surface area contributed by atoms with Crippen molar-refractivity contribution in [1.82, 2.24) is 30.0 Å². The maximum Gasteiger partial charge on any atom is 0.407 e. The minimum absolute atomic E-state index is 0. The zero-order valence-electron chi connectivity index (χ0n) is 42.9. The molecule has 0 saturated carbocycles. The fraction of sp³-hybridized carbons (Fsp3) is 0.389. The molecule has 406 valence electrons. The van der Waals surface area contributed by atoms with Crippen molar-refractivity contribution in [3.63, 3.8) is 0 Å². The van der Waals surface area contributed by atoms with Crippen molar-refractivity contribution in [3.05, 3.63) is 107 Å². The second-order valence-corrected chi connectivity index (χ2v) is 20.6. The number of ether oxygens (including phenoxy) is 3. The summed E-state index contributed by atoms with van der Waals surface area (Å²) in [5, 5.41) is 6.87. The Bertz CT molecular complexity index is 3140. The van der Waals surface area contributed by atoms with Crippen molar-refractivity contribution in [3.8, 4) is 27.4 Å². The van der Waals surface area contributed by atoms with Crippen LogP contribution >= 0.6 is 65.3 Å². The van der Waals surface area contributed by atoms with E-state index in [1.165, 1.54) is 43.8 Å². The maximum absolute atomic E-state index is 17.0. The molecule has 1 unspecified atom stereocenters. The summed E-state index contributed by atoms with van der Waals surface area (Å²) in [5.74, 6) is -1.18. The summed E-state index contributed by atoms with van der Waals surface area (Å²) in [4.78, 5) is 71.0. The number of nitrogens with zero attached hydrogens (tertiary/aromatic N) is 6. The van der Waals surface area contributed by atoms with Gasteiger partial charge in [-0.05, 0) is 108 Å². The van der Waals surface area contributed by atoms with E-state index in [-0.39, 0.29) is 95.5 Å². The average molecular weight is 1140 g/mol. The van der Waals surface area contributed by atoms with Crippen LogP contribution in [0.4, 0.5) is 18.4 Å². The second-order valence-electron chi connectivity index (χ2n) is 19.5. The number of aliphatic imine (C=N–C) groups is 2. The van der Waals surface area contributed by atoms with Crippen LogP contribution in [0.15, 0.2) is 89.2 Å². The molecule has 22 heteroatoms. The molecule has 5 atom stereocenters. The fourth-order valence-electron chi connectivity index (χ4n) is 10.6. The molecule has 0 spiro atoms. The van der Waals surface area contributed by atoms with Crippen molar-refractivity contribution in [1.29, 1.82) is 0 Å². The Morgan fingerprint density at radius 2 is 1.25 bits per heavy atom. The van der Waals surface area contributed by atoms with Gasteiger partial charge in [-0.25, -0.2) is 23.4 Å². The number of rotatable bonds is 12. The number of carbonyl (C=O) groups excluding carboxylic acids is 4. The van der Waals surface area contributed by atoms with Crippen LogP contribution in [-0.4, -0.2) is 106 Å². The van der Waals surface area contributed by atoms with Gasteiger partial charge < -0.3 is 34.6 Å². The highest BCUT2D eigenvalue weighted by molar-refractivity contribution is 7.59. The van der Waals surface area contributed by atoms with E-state index in [1.54, 1.807) is 29.4 Å². The first-order chi connectivity index (χ1) is 34.7. The number of nitrogens with one attached hydrogen (secondary N) is 2. The van der Waals surface area contributed by atoms with E-state index in [0.29, 0.717) is 59.9 Å². The third kappa shape index (κ3) is 11.4. The van der Waals surface area contributed by atoms with Gasteiger partial charge in [0.15, 0.2) is 5.01 Å². The van der Waals surface area contributed by atoms with Gasteiger partial charge in [0.25, 0.3) is 0 Å². The molecule has 10 rings (SSSR count). The number of hydrogen-bond donors (Lipinski definition) is 2. The van der Waals surface area contributed by atoms with Crippen LogP contribution in [0.3, 0.4) is 0 Å². The maximum atomic E-state index is 17.0. The molecule has 0 radical (unpaired) electrons. The summed E-state index contributed by atoms with van der Waals surface area (Å²) < 4.78 is 49.5. The topological polar surface area (TPSA) is 169 Å². The number of alkyl carbamates (subject to hydrolysis) is 2. The lowest BCUT2D eigenvalue weighted by Gasteiger charge is -2.31. The predicted octanol–water partition coefficient (Wildman–Crippen LogP) is 10.2. The van der Waals surface area contributed by atoms with Gasteiger partial charge in [-0.3, -0.25) is 24.1 Å². The normalized spacial score (nSPS) is 19.1. The van der Waals surface area contributed by atoms with Crippen LogP contribution in [0.25, 0.3) is 43.7 Å². The van der Waals surface area contributed by atoms with Crippen molar-refractivity contribution < 1.29 is 42.2 Å². The molecular weight excluding hydrogens is 1070 g/mol. The molecule has 0 aliphatic carbocycles. The van der Waals surface area contributed by atoms with Gasteiger partial charge in [0.2, 0.25) is 18.0 Å². The van der Waals surface area contributed by atoms with Crippen molar-refractivity contribution in [2.75, 3.05) is 27.3 Å². The number of halogens is 2. The summed E-state index contributed by atoms with van der Waals surface area (Å²) in [6.45, 7) is 8.61.